The lowest BCUT2D eigenvalue weighted by atomic mass is 10.1. The average Bonchev–Trinajstić information content (AvgIpc) is 2.55. The summed E-state index contributed by atoms with van der Waals surface area (Å²) in [5, 5.41) is 0. The van der Waals surface area contributed by atoms with Crippen molar-refractivity contribution in [1.82, 2.24) is 9.97 Å². The van der Waals surface area contributed by atoms with E-state index in [-0.39, 0.29) is 0 Å². The molecule has 1 aromatic rings. The number of aromatic nitrogens is 2. The molecule has 3 N–H and O–H groups in total. The lowest BCUT2D eigenvalue weighted by Gasteiger charge is -2.03. The minimum atomic E-state index is 0.394. The first-order valence-electron chi connectivity index (χ1n) is 4.11. The molecule has 0 aliphatic heterocycles. The van der Waals surface area contributed by atoms with Gasteiger partial charge in [0.1, 0.15) is 5.82 Å². The first-order valence-corrected chi connectivity index (χ1v) is 4.11. The number of rotatable bonds is 1. The minimum Gasteiger partial charge on any atom is -0.348 e. The Morgan fingerprint density at radius 3 is 3.00 bits per heavy atom. The van der Waals surface area contributed by atoms with Gasteiger partial charge < -0.3 is 10.7 Å². The summed E-state index contributed by atoms with van der Waals surface area (Å²) in [5.41, 5.74) is 5.79. The molecule has 2 rings (SSSR count). The third-order valence-corrected chi connectivity index (χ3v) is 2.38. The zero-order valence-electron chi connectivity index (χ0n) is 6.46. The van der Waals surface area contributed by atoms with E-state index in [9.17, 15) is 0 Å². The summed E-state index contributed by atoms with van der Waals surface area (Å²) >= 11 is 0. The van der Waals surface area contributed by atoms with Gasteiger partial charge in [-0.15, -0.1) is 0 Å². The third kappa shape index (κ3) is 1.28. The molecule has 3 heteroatoms. The molecule has 2 unspecified atom stereocenters. The van der Waals surface area contributed by atoms with Gasteiger partial charge in [-0.05, 0) is 19.3 Å². The van der Waals surface area contributed by atoms with Gasteiger partial charge >= 0.3 is 0 Å². The predicted molar refractivity (Wildman–Crippen MR) is 43.2 cm³/mol. The molecule has 0 radical (unpaired) electrons. The van der Waals surface area contributed by atoms with Crippen molar-refractivity contribution in [2.75, 3.05) is 0 Å². The second-order valence-electron chi connectivity index (χ2n) is 3.24. The summed E-state index contributed by atoms with van der Waals surface area (Å²) in [5.74, 6) is 1.69. The van der Waals surface area contributed by atoms with Crippen LogP contribution in [0.1, 0.15) is 31.0 Å². The van der Waals surface area contributed by atoms with Crippen LogP contribution in [0.3, 0.4) is 0 Å². The fourth-order valence-corrected chi connectivity index (χ4v) is 1.77. The SMILES string of the molecule is NC1CCC(c2ncc[nH]2)C1. The number of nitrogens with one attached hydrogen (secondary N) is 1. The van der Waals surface area contributed by atoms with E-state index in [2.05, 4.69) is 9.97 Å². The fourth-order valence-electron chi connectivity index (χ4n) is 1.77. The summed E-state index contributed by atoms with van der Waals surface area (Å²) in [6.45, 7) is 0. The largest absolute Gasteiger partial charge is 0.348 e. The van der Waals surface area contributed by atoms with E-state index in [1.54, 1.807) is 6.20 Å². The van der Waals surface area contributed by atoms with Crippen LogP contribution in [0.15, 0.2) is 12.4 Å². The van der Waals surface area contributed by atoms with Crippen LogP contribution in [0.5, 0.6) is 0 Å². The van der Waals surface area contributed by atoms with Gasteiger partial charge in [-0.2, -0.15) is 0 Å². The van der Waals surface area contributed by atoms with E-state index in [1.807, 2.05) is 6.20 Å². The van der Waals surface area contributed by atoms with Crippen LogP contribution in [0.25, 0.3) is 0 Å². The molecular formula is C8H13N3. The van der Waals surface area contributed by atoms with E-state index in [0.717, 1.165) is 18.7 Å². The van der Waals surface area contributed by atoms with Crippen LogP contribution >= 0.6 is 0 Å². The van der Waals surface area contributed by atoms with Gasteiger partial charge in [0.05, 0.1) is 0 Å². The van der Waals surface area contributed by atoms with Crippen molar-refractivity contribution in [1.29, 1.82) is 0 Å². The molecule has 1 saturated carbocycles. The molecule has 1 aliphatic rings. The van der Waals surface area contributed by atoms with Crippen LogP contribution in [0, 0.1) is 0 Å². The van der Waals surface area contributed by atoms with Crippen molar-refractivity contribution >= 4 is 0 Å². The van der Waals surface area contributed by atoms with E-state index < -0.39 is 0 Å². The van der Waals surface area contributed by atoms with Crippen LogP contribution in [-0.2, 0) is 0 Å². The maximum atomic E-state index is 5.79. The zero-order chi connectivity index (χ0) is 7.68. The van der Waals surface area contributed by atoms with E-state index in [1.165, 1.54) is 6.42 Å². The maximum absolute atomic E-state index is 5.79. The van der Waals surface area contributed by atoms with Gasteiger partial charge in [-0.25, -0.2) is 4.98 Å². The van der Waals surface area contributed by atoms with Crippen molar-refractivity contribution in [3.05, 3.63) is 18.2 Å². The standard InChI is InChI=1S/C8H13N3/c9-7-2-1-6(5-7)8-10-3-4-11-8/h3-4,6-7H,1-2,5,9H2,(H,10,11). The predicted octanol–water partition coefficient (Wildman–Crippen LogP) is 1.00. The van der Waals surface area contributed by atoms with Crippen molar-refractivity contribution in [2.24, 2.45) is 5.73 Å². The summed E-state index contributed by atoms with van der Waals surface area (Å²) < 4.78 is 0. The first kappa shape index (κ1) is 6.85. The molecule has 1 fully saturated rings. The lowest BCUT2D eigenvalue weighted by Crippen LogP contribution is -2.14. The smallest absolute Gasteiger partial charge is 0.109 e. The highest BCUT2D eigenvalue weighted by Gasteiger charge is 2.24. The van der Waals surface area contributed by atoms with Gasteiger partial charge in [0, 0.05) is 24.4 Å². The molecule has 3 nitrogen and oxygen atoms in total. The average molecular weight is 151 g/mol. The summed E-state index contributed by atoms with van der Waals surface area (Å²) in [6.07, 6.45) is 7.10. The molecule has 2 atom stereocenters. The van der Waals surface area contributed by atoms with Crippen molar-refractivity contribution in [3.8, 4) is 0 Å². The summed E-state index contributed by atoms with van der Waals surface area (Å²) in [6, 6.07) is 0.394. The normalized spacial score (nSPS) is 31.0. The third-order valence-electron chi connectivity index (χ3n) is 2.38. The quantitative estimate of drug-likeness (QED) is 0.629. The molecule has 1 aliphatic carbocycles. The minimum absolute atomic E-state index is 0.394. The number of nitrogens with two attached hydrogens (primary N) is 1. The van der Waals surface area contributed by atoms with Gasteiger partial charge in [0.15, 0.2) is 0 Å². The van der Waals surface area contributed by atoms with Crippen molar-refractivity contribution < 1.29 is 0 Å². The Morgan fingerprint density at radius 1 is 1.55 bits per heavy atom. The number of aromatic amines is 1. The highest BCUT2D eigenvalue weighted by Crippen LogP contribution is 2.30. The summed E-state index contributed by atoms with van der Waals surface area (Å²) in [4.78, 5) is 7.35. The van der Waals surface area contributed by atoms with Crippen LogP contribution in [0.4, 0.5) is 0 Å². The Hall–Kier alpha value is -0.830. The molecule has 11 heavy (non-hydrogen) atoms. The van der Waals surface area contributed by atoms with Crippen molar-refractivity contribution in [2.45, 2.75) is 31.2 Å². The number of hydrogen-bond donors (Lipinski definition) is 2. The molecule has 0 bridgehead atoms. The Labute approximate surface area is 66.0 Å². The Balaban J connectivity index is 2.08. The molecule has 1 heterocycles. The molecular weight excluding hydrogens is 138 g/mol. The van der Waals surface area contributed by atoms with Gasteiger partial charge in [-0.1, -0.05) is 0 Å². The van der Waals surface area contributed by atoms with E-state index in [0.29, 0.717) is 12.0 Å². The molecule has 0 saturated heterocycles. The highest BCUT2D eigenvalue weighted by molar-refractivity contribution is 5.01. The first-order chi connectivity index (χ1) is 5.36. The molecule has 60 valence electrons. The number of hydrogen-bond acceptors (Lipinski definition) is 2. The molecule has 0 amide bonds. The number of imidazole rings is 1. The summed E-state index contributed by atoms with van der Waals surface area (Å²) in [7, 11) is 0. The van der Waals surface area contributed by atoms with E-state index >= 15 is 0 Å². The Morgan fingerprint density at radius 2 is 2.45 bits per heavy atom. The second-order valence-corrected chi connectivity index (χ2v) is 3.24. The Kier molecular flexibility index (Phi) is 1.66. The second kappa shape index (κ2) is 2.66. The van der Waals surface area contributed by atoms with Crippen molar-refractivity contribution in [3.63, 3.8) is 0 Å². The lowest BCUT2D eigenvalue weighted by molar-refractivity contribution is 0.650. The fraction of sp³-hybridized carbons (Fsp3) is 0.625. The van der Waals surface area contributed by atoms with Crippen LogP contribution in [0.2, 0.25) is 0 Å². The monoisotopic (exact) mass is 151 g/mol. The molecule has 1 aromatic heterocycles. The zero-order valence-corrected chi connectivity index (χ0v) is 6.46. The highest BCUT2D eigenvalue weighted by atomic mass is 14.9. The molecule has 0 aromatic carbocycles. The topological polar surface area (TPSA) is 54.7 Å². The maximum Gasteiger partial charge on any atom is 0.109 e. The van der Waals surface area contributed by atoms with Crippen LogP contribution < -0.4 is 5.73 Å². The van der Waals surface area contributed by atoms with Gasteiger partial charge in [0.2, 0.25) is 0 Å². The molecule has 0 spiro atoms. The van der Waals surface area contributed by atoms with Gasteiger partial charge in [0.25, 0.3) is 0 Å². The Bertz CT molecular complexity index is 217. The van der Waals surface area contributed by atoms with E-state index in [4.69, 9.17) is 5.73 Å². The van der Waals surface area contributed by atoms with Crippen LogP contribution in [-0.4, -0.2) is 16.0 Å². The number of nitrogens with zero attached hydrogens (tertiary/aromatic N) is 1. The van der Waals surface area contributed by atoms with Gasteiger partial charge in [-0.3, -0.25) is 0 Å². The number of H-pyrrole nitrogens is 1.